The lowest BCUT2D eigenvalue weighted by atomic mass is 10.0. The smallest absolute Gasteiger partial charge is 0.328 e. The van der Waals surface area contributed by atoms with Crippen molar-refractivity contribution in [2.75, 3.05) is 6.61 Å². The number of hydrogen-bond acceptors (Lipinski definition) is 7. The quantitative estimate of drug-likeness (QED) is 0.164. The van der Waals surface area contributed by atoms with E-state index in [1.165, 1.54) is 0 Å². The minimum atomic E-state index is -1.55. The predicted octanol–water partition coefficient (Wildman–Crippen LogP) is -2.58. The molecule has 0 saturated carbocycles. The molecule has 0 aromatic carbocycles. The fourth-order valence-corrected chi connectivity index (χ4v) is 2.41. The summed E-state index contributed by atoms with van der Waals surface area (Å²) in [6.07, 6.45) is -0.384. The fraction of sp³-hybridized carbons (Fsp3) is 0.722. The van der Waals surface area contributed by atoms with Crippen molar-refractivity contribution < 1.29 is 34.2 Å². The first kappa shape index (κ1) is 27.3. The van der Waals surface area contributed by atoms with Gasteiger partial charge in [0.2, 0.25) is 23.6 Å². The van der Waals surface area contributed by atoms with Crippen molar-refractivity contribution in [2.24, 2.45) is 23.3 Å². The Balaban J connectivity index is 5.45. The molecule has 30 heavy (non-hydrogen) atoms. The monoisotopic (exact) mass is 431 g/mol. The molecular weight excluding hydrogens is 398 g/mol. The highest BCUT2D eigenvalue weighted by atomic mass is 16.4. The molecule has 0 radical (unpaired) electrons. The van der Waals surface area contributed by atoms with E-state index in [0.717, 1.165) is 0 Å². The van der Waals surface area contributed by atoms with E-state index in [1.54, 1.807) is 27.7 Å². The van der Waals surface area contributed by atoms with Crippen LogP contribution in [-0.2, 0) is 24.0 Å². The minimum Gasteiger partial charge on any atom is -0.480 e. The van der Waals surface area contributed by atoms with Gasteiger partial charge in [0.05, 0.1) is 19.1 Å². The Kier molecular flexibility index (Phi) is 11.6. The lowest BCUT2D eigenvalue weighted by Gasteiger charge is -2.25. The summed E-state index contributed by atoms with van der Waals surface area (Å²) in [5, 5.41) is 24.9. The van der Waals surface area contributed by atoms with Gasteiger partial charge >= 0.3 is 5.97 Å². The Bertz CT molecular complexity index is 638. The summed E-state index contributed by atoms with van der Waals surface area (Å²) in [6.45, 7) is 6.12. The summed E-state index contributed by atoms with van der Waals surface area (Å²) in [5.74, 6) is -4.95. The van der Waals surface area contributed by atoms with Crippen LogP contribution in [0.2, 0.25) is 0 Å². The molecule has 9 N–H and O–H groups in total. The molecule has 0 aliphatic heterocycles. The molecule has 0 aromatic rings. The van der Waals surface area contributed by atoms with Crippen molar-refractivity contribution in [3.63, 3.8) is 0 Å². The maximum Gasteiger partial charge on any atom is 0.328 e. The third-order valence-electron chi connectivity index (χ3n) is 4.20. The van der Waals surface area contributed by atoms with E-state index in [0.29, 0.717) is 0 Å². The third-order valence-corrected chi connectivity index (χ3v) is 4.20. The lowest BCUT2D eigenvalue weighted by Crippen LogP contribution is -2.58. The zero-order valence-electron chi connectivity index (χ0n) is 17.7. The van der Waals surface area contributed by atoms with Crippen molar-refractivity contribution in [2.45, 2.75) is 64.7 Å². The summed E-state index contributed by atoms with van der Waals surface area (Å²) < 4.78 is 0. The molecule has 0 heterocycles. The van der Waals surface area contributed by atoms with E-state index in [4.69, 9.17) is 21.7 Å². The molecule has 0 spiro atoms. The van der Waals surface area contributed by atoms with Crippen LogP contribution in [0.25, 0.3) is 0 Å². The van der Waals surface area contributed by atoms with Gasteiger partial charge in [-0.15, -0.1) is 0 Å². The molecule has 4 amide bonds. The summed E-state index contributed by atoms with van der Waals surface area (Å²) >= 11 is 0. The number of nitrogens with two attached hydrogens (primary N) is 2. The topological polar surface area (TPSA) is 214 Å². The first-order valence-corrected chi connectivity index (χ1v) is 9.58. The summed E-state index contributed by atoms with van der Waals surface area (Å²) in [5.41, 5.74) is 10.9. The average molecular weight is 431 g/mol. The number of carbonyl (C=O) groups is 5. The van der Waals surface area contributed by atoms with Gasteiger partial charge in [0.15, 0.2) is 0 Å². The molecule has 0 bridgehead atoms. The Morgan fingerprint density at radius 2 is 1.30 bits per heavy atom. The predicted molar refractivity (Wildman–Crippen MR) is 107 cm³/mol. The summed E-state index contributed by atoms with van der Waals surface area (Å²) in [4.78, 5) is 59.7. The second kappa shape index (κ2) is 12.8. The van der Waals surface area contributed by atoms with Crippen molar-refractivity contribution in [1.82, 2.24) is 16.0 Å². The second-order valence-corrected chi connectivity index (χ2v) is 7.77. The van der Waals surface area contributed by atoms with Crippen molar-refractivity contribution in [1.29, 1.82) is 0 Å². The highest BCUT2D eigenvalue weighted by Crippen LogP contribution is 2.07. The number of nitrogens with one attached hydrogen (secondary N) is 3. The van der Waals surface area contributed by atoms with E-state index in [9.17, 15) is 24.0 Å². The zero-order valence-corrected chi connectivity index (χ0v) is 17.7. The van der Waals surface area contributed by atoms with Gasteiger partial charge in [0.1, 0.15) is 18.1 Å². The molecule has 0 aromatic heterocycles. The molecule has 0 aliphatic carbocycles. The van der Waals surface area contributed by atoms with E-state index < -0.39 is 66.8 Å². The molecule has 4 atom stereocenters. The number of carboxylic acids is 1. The largest absolute Gasteiger partial charge is 0.480 e. The number of aliphatic carboxylic acids is 1. The van der Waals surface area contributed by atoms with E-state index >= 15 is 0 Å². The van der Waals surface area contributed by atoms with Gasteiger partial charge in [-0.2, -0.15) is 0 Å². The van der Waals surface area contributed by atoms with E-state index in [1.807, 2.05) is 0 Å². The van der Waals surface area contributed by atoms with Crippen LogP contribution in [0.3, 0.4) is 0 Å². The number of hydrogen-bond donors (Lipinski definition) is 7. The molecule has 0 fully saturated rings. The minimum absolute atomic E-state index is 0.0722. The highest BCUT2D eigenvalue weighted by molar-refractivity contribution is 5.96. The van der Waals surface area contributed by atoms with Crippen molar-refractivity contribution in [3.8, 4) is 0 Å². The number of aliphatic hydroxyl groups is 1. The number of aliphatic hydroxyl groups excluding tert-OH is 1. The van der Waals surface area contributed by atoms with Gasteiger partial charge in [-0.1, -0.05) is 27.7 Å². The summed E-state index contributed by atoms with van der Waals surface area (Å²) in [6, 6.07) is -5.01. The van der Waals surface area contributed by atoms with Crippen LogP contribution in [0, 0.1) is 11.8 Å². The van der Waals surface area contributed by atoms with Crippen LogP contribution in [0.4, 0.5) is 0 Å². The first-order chi connectivity index (χ1) is 13.8. The Morgan fingerprint density at radius 3 is 1.70 bits per heavy atom. The fourth-order valence-electron chi connectivity index (χ4n) is 2.41. The van der Waals surface area contributed by atoms with Gasteiger partial charge in [-0.3, -0.25) is 19.2 Å². The molecular formula is C18H33N5O7. The Morgan fingerprint density at radius 1 is 0.833 bits per heavy atom. The molecule has 4 unspecified atom stereocenters. The maximum absolute atomic E-state index is 12.7. The van der Waals surface area contributed by atoms with Crippen LogP contribution in [0.15, 0.2) is 0 Å². The van der Waals surface area contributed by atoms with Crippen LogP contribution in [0.1, 0.15) is 40.5 Å². The standard InChI is InChI=1S/C18H33N5O7/c1-8(2)5-10(15(26)23-12(7-24)18(29)30)21-16(27)11(6-13(19)25)22-17(28)14(20)9(3)4/h8-12,14,24H,5-7,20H2,1-4H3,(H2,19,25)(H,21,27)(H,22,28)(H,23,26)(H,29,30). The number of carboxylic acid groups (broad SMARTS) is 1. The Hall–Kier alpha value is -2.73. The van der Waals surface area contributed by atoms with Gasteiger partial charge in [-0.05, 0) is 18.3 Å². The first-order valence-electron chi connectivity index (χ1n) is 9.58. The number of amides is 4. The van der Waals surface area contributed by atoms with Crippen LogP contribution in [-0.4, -0.2) is 70.6 Å². The van der Waals surface area contributed by atoms with Crippen LogP contribution in [0.5, 0.6) is 0 Å². The van der Waals surface area contributed by atoms with Gasteiger partial charge < -0.3 is 37.6 Å². The normalized spacial score (nSPS) is 15.1. The summed E-state index contributed by atoms with van der Waals surface area (Å²) in [7, 11) is 0. The molecule has 0 rings (SSSR count). The van der Waals surface area contributed by atoms with Crippen LogP contribution >= 0.6 is 0 Å². The van der Waals surface area contributed by atoms with Crippen LogP contribution < -0.4 is 27.4 Å². The Labute approximate surface area is 175 Å². The molecule has 0 aliphatic rings. The number of rotatable bonds is 13. The van der Waals surface area contributed by atoms with Gasteiger partial charge in [-0.25, -0.2) is 4.79 Å². The number of primary amides is 1. The highest BCUT2D eigenvalue weighted by Gasteiger charge is 2.31. The zero-order chi connectivity index (χ0) is 23.6. The molecule has 0 saturated heterocycles. The SMILES string of the molecule is CC(C)CC(NC(=O)C(CC(N)=O)NC(=O)C(N)C(C)C)C(=O)NC(CO)C(=O)O. The van der Waals surface area contributed by atoms with Gasteiger partial charge in [0.25, 0.3) is 0 Å². The third kappa shape index (κ3) is 9.65. The molecule has 12 heteroatoms. The van der Waals surface area contributed by atoms with Crippen molar-refractivity contribution >= 4 is 29.6 Å². The van der Waals surface area contributed by atoms with E-state index in [2.05, 4.69) is 16.0 Å². The van der Waals surface area contributed by atoms with Crippen molar-refractivity contribution in [3.05, 3.63) is 0 Å². The second-order valence-electron chi connectivity index (χ2n) is 7.77. The maximum atomic E-state index is 12.7. The number of carbonyl (C=O) groups excluding carboxylic acids is 4. The van der Waals surface area contributed by atoms with Gasteiger partial charge in [0, 0.05) is 0 Å². The average Bonchev–Trinajstić information content (AvgIpc) is 2.62. The lowest BCUT2D eigenvalue weighted by molar-refractivity contribution is -0.143. The van der Waals surface area contributed by atoms with E-state index in [-0.39, 0.29) is 18.3 Å². The molecule has 12 nitrogen and oxygen atoms in total. The molecule has 172 valence electrons.